The van der Waals surface area contributed by atoms with Crippen LogP contribution >= 0.6 is 11.8 Å². The zero-order valence-electron chi connectivity index (χ0n) is 14.5. The number of thioether (sulfide) groups is 1. The monoisotopic (exact) mass is 397 g/mol. The van der Waals surface area contributed by atoms with Crippen LogP contribution in [0.15, 0.2) is 47.4 Å². The van der Waals surface area contributed by atoms with Crippen LogP contribution in [0.2, 0.25) is 0 Å². The average Bonchev–Trinajstić information content (AvgIpc) is 2.66. The van der Waals surface area contributed by atoms with Crippen LogP contribution in [0.1, 0.15) is 10.4 Å². The number of hydrogen-bond donors (Lipinski definition) is 1. The number of benzene rings is 2. The lowest BCUT2D eigenvalue weighted by Crippen LogP contribution is -2.21. The molecular weight excluding hydrogens is 380 g/mol. The summed E-state index contributed by atoms with van der Waals surface area (Å²) in [5, 5.41) is 2.54. The second-order valence-electron chi connectivity index (χ2n) is 5.07. The first-order chi connectivity index (χ1) is 12.9. The van der Waals surface area contributed by atoms with Crippen molar-refractivity contribution in [2.24, 2.45) is 0 Å². The Morgan fingerprint density at radius 2 is 1.85 bits per heavy atom. The lowest BCUT2D eigenvalue weighted by molar-refractivity contribution is -0.119. The molecule has 0 aliphatic heterocycles. The van der Waals surface area contributed by atoms with E-state index in [1.165, 1.54) is 38.5 Å². The molecule has 0 radical (unpaired) electrons. The highest BCUT2D eigenvalue weighted by Gasteiger charge is 2.18. The number of carbonyl (C=O) groups excluding carboxylic acids is 2. The van der Waals surface area contributed by atoms with Gasteiger partial charge >= 0.3 is 5.97 Å². The number of carbonyl (C=O) groups is 2. The number of halogens is 2. The molecule has 144 valence electrons. The van der Waals surface area contributed by atoms with Gasteiger partial charge in [0.1, 0.15) is 11.5 Å². The zero-order chi connectivity index (χ0) is 19.8. The number of ether oxygens (including phenoxy) is 3. The number of esters is 1. The number of nitrogens with one attached hydrogen (secondary N) is 1. The third kappa shape index (κ3) is 5.85. The molecule has 2 rings (SSSR count). The number of anilines is 1. The fourth-order valence-electron chi connectivity index (χ4n) is 2.14. The topological polar surface area (TPSA) is 73.9 Å². The van der Waals surface area contributed by atoms with Crippen molar-refractivity contribution in [2.45, 2.75) is 10.7 Å². The molecule has 2 aromatic carbocycles. The Bertz CT molecular complexity index is 816. The van der Waals surface area contributed by atoms with Gasteiger partial charge in [0.2, 0.25) is 0 Å². The third-order valence-corrected chi connectivity index (χ3v) is 4.13. The summed E-state index contributed by atoms with van der Waals surface area (Å²) in [6, 6.07) is 10.6. The molecule has 0 bridgehead atoms. The summed E-state index contributed by atoms with van der Waals surface area (Å²) in [4.78, 5) is 24.3. The smallest absolute Gasteiger partial charge is 0.339 e. The van der Waals surface area contributed by atoms with E-state index in [0.717, 1.165) is 0 Å². The second-order valence-corrected chi connectivity index (χ2v) is 6.10. The van der Waals surface area contributed by atoms with E-state index in [9.17, 15) is 18.4 Å². The molecule has 1 amide bonds. The molecule has 0 saturated carbocycles. The van der Waals surface area contributed by atoms with Gasteiger partial charge in [-0.2, -0.15) is 8.78 Å². The molecule has 0 aromatic heterocycles. The summed E-state index contributed by atoms with van der Waals surface area (Å²) in [5.41, 5.74) is 0.307. The van der Waals surface area contributed by atoms with Crippen LogP contribution < -0.4 is 14.8 Å². The highest BCUT2D eigenvalue weighted by atomic mass is 32.2. The van der Waals surface area contributed by atoms with Gasteiger partial charge in [0.25, 0.3) is 11.7 Å². The number of hydrogen-bond acceptors (Lipinski definition) is 6. The summed E-state index contributed by atoms with van der Waals surface area (Å²) in [5.74, 6) is -3.27. The van der Waals surface area contributed by atoms with Gasteiger partial charge in [0.15, 0.2) is 6.61 Å². The minimum Gasteiger partial charge on any atom is -0.497 e. The van der Waals surface area contributed by atoms with Crippen molar-refractivity contribution in [1.29, 1.82) is 0 Å². The first-order valence-corrected chi connectivity index (χ1v) is 8.55. The number of rotatable bonds is 8. The molecule has 0 saturated heterocycles. The van der Waals surface area contributed by atoms with Crippen molar-refractivity contribution in [2.75, 3.05) is 26.1 Å². The molecule has 1 N–H and O–H groups in total. The van der Waals surface area contributed by atoms with E-state index in [2.05, 4.69) is 5.32 Å². The normalized spacial score (nSPS) is 10.4. The van der Waals surface area contributed by atoms with Gasteiger partial charge in [-0.3, -0.25) is 4.79 Å². The third-order valence-electron chi connectivity index (χ3n) is 3.34. The molecule has 0 fully saturated rings. The Kier molecular flexibility index (Phi) is 7.42. The predicted molar refractivity (Wildman–Crippen MR) is 96.8 cm³/mol. The minimum absolute atomic E-state index is 0.0328. The van der Waals surface area contributed by atoms with Crippen LogP contribution in [0.4, 0.5) is 14.5 Å². The largest absolute Gasteiger partial charge is 0.497 e. The van der Waals surface area contributed by atoms with Crippen LogP contribution in [-0.4, -0.2) is 38.5 Å². The fraction of sp³-hybridized carbons (Fsp3) is 0.222. The Balaban J connectivity index is 2.01. The van der Waals surface area contributed by atoms with Gasteiger partial charge in [-0.05, 0) is 24.3 Å². The maximum Gasteiger partial charge on any atom is 0.339 e. The molecule has 0 aliphatic rings. The van der Waals surface area contributed by atoms with Crippen molar-refractivity contribution in [3.8, 4) is 11.5 Å². The highest BCUT2D eigenvalue weighted by Crippen LogP contribution is 2.30. The van der Waals surface area contributed by atoms with Crippen LogP contribution in [0.3, 0.4) is 0 Å². The maximum absolute atomic E-state index is 12.6. The molecular formula is C18H17F2NO5S. The lowest BCUT2D eigenvalue weighted by atomic mass is 10.2. The van der Waals surface area contributed by atoms with Crippen LogP contribution in [0.25, 0.3) is 0 Å². The van der Waals surface area contributed by atoms with E-state index in [-0.39, 0.29) is 22.2 Å². The van der Waals surface area contributed by atoms with Gasteiger partial charge in [0, 0.05) is 11.0 Å². The van der Waals surface area contributed by atoms with E-state index in [4.69, 9.17) is 14.2 Å². The van der Waals surface area contributed by atoms with E-state index in [1.54, 1.807) is 18.2 Å². The molecule has 0 aliphatic carbocycles. The molecule has 0 unspecified atom stereocenters. The fourth-order valence-corrected chi connectivity index (χ4v) is 2.77. The standard InChI is InChI=1S/C18H17F2NO5S/c1-24-11-7-8-14(25-2)13(9-11)21-16(22)10-26-17(23)12-5-3-4-6-15(12)27-18(19)20/h3-9,18H,10H2,1-2H3,(H,21,22). The Labute approximate surface area is 158 Å². The molecule has 27 heavy (non-hydrogen) atoms. The second kappa shape index (κ2) is 9.77. The quantitative estimate of drug-likeness (QED) is 0.539. The SMILES string of the molecule is COc1ccc(OC)c(NC(=O)COC(=O)c2ccccc2SC(F)F)c1. The Morgan fingerprint density at radius 3 is 2.52 bits per heavy atom. The maximum atomic E-state index is 12.6. The minimum atomic E-state index is -2.68. The van der Waals surface area contributed by atoms with Crippen LogP contribution in [0.5, 0.6) is 11.5 Å². The van der Waals surface area contributed by atoms with Gasteiger partial charge < -0.3 is 19.5 Å². The number of alkyl halides is 2. The predicted octanol–water partition coefficient (Wildman–Crippen LogP) is 3.81. The summed E-state index contributed by atoms with van der Waals surface area (Å²) in [6.45, 7) is -0.590. The summed E-state index contributed by atoms with van der Waals surface area (Å²) < 4.78 is 40.3. The van der Waals surface area contributed by atoms with Gasteiger partial charge in [-0.15, -0.1) is 0 Å². The molecule has 9 heteroatoms. The van der Waals surface area contributed by atoms with Crippen molar-refractivity contribution < 1.29 is 32.6 Å². The molecule has 0 heterocycles. The Hall–Kier alpha value is -2.81. The van der Waals surface area contributed by atoms with Gasteiger partial charge in [-0.25, -0.2) is 4.79 Å². The molecule has 0 spiro atoms. The Morgan fingerprint density at radius 1 is 1.11 bits per heavy atom. The number of methoxy groups -OCH3 is 2. The molecule has 2 aromatic rings. The molecule has 6 nitrogen and oxygen atoms in total. The summed E-state index contributed by atoms with van der Waals surface area (Å²) in [7, 11) is 2.92. The summed E-state index contributed by atoms with van der Waals surface area (Å²) in [6.07, 6.45) is 0. The average molecular weight is 397 g/mol. The van der Waals surface area contributed by atoms with E-state index in [1.807, 2.05) is 0 Å². The van der Waals surface area contributed by atoms with Crippen LogP contribution in [-0.2, 0) is 9.53 Å². The van der Waals surface area contributed by atoms with Crippen molar-refractivity contribution in [3.05, 3.63) is 48.0 Å². The lowest BCUT2D eigenvalue weighted by Gasteiger charge is -2.12. The van der Waals surface area contributed by atoms with Gasteiger partial charge in [-0.1, -0.05) is 23.9 Å². The van der Waals surface area contributed by atoms with Crippen molar-refractivity contribution in [1.82, 2.24) is 0 Å². The summed E-state index contributed by atoms with van der Waals surface area (Å²) >= 11 is 0.234. The van der Waals surface area contributed by atoms with Gasteiger partial charge in [0.05, 0.1) is 25.5 Å². The first kappa shape index (κ1) is 20.5. The molecule has 0 atom stereocenters. The number of amides is 1. The van der Waals surface area contributed by atoms with E-state index < -0.39 is 24.2 Å². The van der Waals surface area contributed by atoms with Crippen molar-refractivity contribution in [3.63, 3.8) is 0 Å². The first-order valence-electron chi connectivity index (χ1n) is 7.67. The zero-order valence-corrected chi connectivity index (χ0v) is 15.3. The van der Waals surface area contributed by atoms with E-state index >= 15 is 0 Å². The highest BCUT2D eigenvalue weighted by molar-refractivity contribution is 7.99. The van der Waals surface area contributed by atoms with Crippen LogP contribution in [0, 0.1) is 0 Å². The van der Waals surface area contributed by atoms with E-state index in [0.29, 0.717) is 17.2 Å². The van der Waals surface area contributed by atoms with Crippen molar-refractivity contribution >= 4 is 29.3 Å².